The van der Waals surface area contributed by atoms with Crippen LogP contribution in [0.4, 0.5) is 5.82 Å². The summed E-state index contributed by atoms with van der Waals surface area (Å²) in [4.78, 5) is 8.73. The molecule has 4 rings (SSSR count). The summed E-state index contributed by atoms with van der Waals surface area (Å²) in [7, 11) is -2.82. The maximum atomic E-state index is 11.7. The summed E-state index contributed by atoms with van der Waals surface area (Å²) in [5.41, 5.74) is 1.60. The monoisotopic (exact) mass is 485 g/mol. The molecule has 1 fully saturated rings. The summed E-state index contributed by atoms with van der Waals surface area (Å²) in [6, 6.07) is 6.44. The molecule has 0 saturated heterocycles. The number of fused-ring (bicyclic) bond motifs is 1. The highest BCUT2D eigenvalue weighted by molar-refractivity contribution is 7.84. The highest BCUT2D eigenvalue weighted by atomic mass is 35.5. The molecule has 3 N–H and O–H groups in total. The number of hydrogen-bond acceptors (Lipinski definition) is 7. The van der Waals surface area contributed by atoms with E-state index in [9.17, 15) is 13.5 Å². The van der Waals surface area contributed by atoms with Crippen LogP contribution in [0.1, 0.15) is 24.4 Å². The molecule has 166 valence electrons. The van der Waals surface area contributed by atoms with Gasteiger partial charge in [-0.15, -0.1) is 0 Å². The van der Waals surface area contributed by atoms with Gasteiger partial charge in [0.05, 0.1) is 24.6 Å². The number of halogens is 2. The summed E-state index contributed by atoms with van der Waals surface area (Å²) < 4.78 is 32.1. The second-order valence-corrected chi connectivity index (χ2v) is 9.70. The Morgan fingerprint density at radius 1 is 1.23 bits per heavy atom. The first-order valence-electron chi connectivity index (χ1n) is 9.52. The Morgan fingerprint density at radius 2 is 1.97 bits per heavy atom. The van der Waals surface area contributed by atoms with Gasteiger partial charge in [0.2, 0.25) is 0 Å². The minimum absolute atomic E-state index is 0.133. The molecule has 2 aromatic heterocycles. The number of nitrogens with one attached hydrogen (secondary N) is 2. The lowest BCUT2D eigenvalue weighted by atomic mass is 10.2. The standard InChI is InChI=1S/C19H21Cl2N5O4S/c1-30-31(28,29)25-16-7-14(8-17(16)27)26-3-2-15-18(23-10-24-19(15)26)22-9-11-4-12(20)6-13(21)5-11/h2-6,10,14,16-17,25,27H,7-9H2,1H3,(H,22,23,24)/t14-,16+,17+/m1/s1. The van der Waals surface area contributed by atoms with E-state index in [0.29, 0.717) is 40.9 Å². The lowest BCUT2D eigenvalue weighted by Crippen LogP contribution is -2.40. The Kier molecular flexibility index (Phi) is 6.38. The Hall–Kier alpha value is -1.95. The van der Waals surface area contributed by atoms with E-state index in [0.717, 1.165) is 18.1 Å². The van der Waals surface area contributed by atoms with E-state index in [1.807, 2.05) is 29.0 Å². The van der Waals surface area contributed by atoms with Gasteiger partial charge in [-0.05, 0) is 42.7 Å². The number of aliphatic hydroxyl groups is 1. The van der Waals surface area contributed by atoms with Crippen LogP contribution in [0.2, 0.25) is 10.0 Å². The van der Waals surface area contributed by atoms with Crippen LogP contribution in [0, 0.1) is 0 Å². The summed E-state index contributed by atoms with van der Waals surface area (Å²) >= 11 is 12.1. The maximum absolute atomic E-state index is 11.7. The van der Waals surface area contributed by atoms with E-state index < -0.39 is 22.4 Å². The van der Waals surface area contributed by atoms with Gasteiger partial charge in [-0.2, -0.15) is 13.1 Å². The molecule has 0 radical (unpaired) electrons. The molecule has 31 heavy (non-hydrogen) atoms. The van der Waals surface area contributed by atoms with Crippen molar-refractivity contribution >= 4 is 50.4 Å². The third kappa shape index (κ3) is 4.94. The first-order valence-corrected chi connectivity index (χ1v) is 11.7. The van der Waals surface area contributed by atoms with Gasteiger partial charge in [0.25, 0.3) is 0 Å². The minimum Gasteiger partial charge on any atom is -0.391 e. The van der Waals surface area contributed by atoms with Gasteiger partial charge >= 0.3 is 10.3 Å². The molecule has 0 aliphatic heterocycles. The summed E-state index contributed by atoms with van der Waals surface area (Å²) in [6.07, 6.45) is 3.28. The Balaban J connectivity index is 1.54. The zero-order valence-electron chi connectivity index (χ0n) is 16.5. The molecule has 9 nitrogen and oxygen atoms in total. The number of aromatic nitrogens is 3. The smallest absolute Gasteiger partial charge is 0.335 e. The van der Waals surface area contributed by atoms with Crippen LogP contribution in [0.3, 0.4) is 0 Å². The van der Waals surface area contributed by atoms with Gasteiger partial charge in [0.1, 0.15) is 17.8 Å². The van der Waals surface area contributed by atoms with Gasteiger partial charge in [-0.1, -0.05) is 23.2 Å². The first kappa shape index (κ1) is 22.3. The average molecular weight is 486 g/mol. The maximum Gasteiger partial charge on any atom is 0.335 e. The molecule has 0 amide bonds. The average Bonchev–Trinajstić information content (AvgIpc) is 3.29. The van der Waals surface area contributed by atoms with Crippen molar-refractivity contribution in [3.05, 3.63) is 52.4 Å². The minimum atomic E-state index is -3.89. The molecule has 0 bridgehead atoms. The third-order valence-corrected chi connectivity index (χ3v) is 6.77. The Labute approximate surface area is 189 Å². The lowest BCUT2D eigenvalue weighted by molar-refractivity contribution is 0.154. The third-order valence-electron chi connectivity index (χ3n) is 5.30. The van der Waals surface area contributed by atoms with E-state index in [1.165, 1.54) is 6.33 Å². The largest absolute Gasteiger partial charge is 0.391 e. The van der Waals surface area contributed by atoms with Crippen molar-refractivity contribution in [1.82, 2.24) is 19.3 Å². The molecule has 12 heteroatoms. The van der Waals surface area contributed by atoms with Gasteiger partial charge < -0.3 is 15.0 Å². The van der Waals surface area contributed by atoms with Crippen molar-refractivity contribution in [3.63, 3.8) is 0 Å². The molecular weight excluding hydrogens is 465 g/mol. The molecule has 3 aromatic rings. The fourth-order valence-corrected chi connectivity index (χ4v) is 5.17. The van der Waals surface area contributed by atoms with Gasteiger partial charge in [-0.3, -0.25) is 4.18 Å². The number of rotatable bonds is 7. The number of hydrogen-bond donors (Lipinski definition) is 3. The molecule has 2 heterocycles. The summed E-state index contributed by atoms with van der Waals surface area (Å²) in [5, 5.41) is 15.5. The van der Waals surface area contributed by atoms with Crippen molar-refractivity contribution in [3.8, 4) is 0 Å². The topological polar surface area (TPSA) is 118 Å². The summed E-state index contributed by atoms with van der Waals surface area (Å²) in [5.74, 6) is 0.648. The van der Waals surface area contributed by atoms with Crippen molar-refractivity contribution in [2.45, 2.75) is 37.6 Å². The quantitative estimate of drug-likeness (QED) is 0.470. The highest BCUT2D eigenvalue weighted by Crippen LogP contribution is 2.34. The van der Waals surface area contributed by atoms with Crippen molar-refractivity contribution in [2.75, 3.05) is 12.4 Å². The fourth-order valence-electron chi connectivity index (χ4n) is 3.88. The summed E-state index contributed by atoms with van der Waals surface area (Å²) in [6.45, 7) is 0.473. The number of benzene rings is 1. The number of nitrogens with zero attached hydrogens (tertiary/aromatic N) is 3. The molecule has 1 aliphatic rings. The lowest BCUT2D eigenvalue weighted by Gasteiger charge is -2.15. The van der Waals surface area contributed by atoms with Crippen LogP contribution in [0.25, 0.3) is 11.0 Å². The van der Waals surface area contributed by atoms with Crippen LogP contribution in [0.15, 0.2) is 36.8 Å². The SMILES string of the molecule is COS(=O)(=O)N[C@H]1C[C@@H](n2ccc3c(NCc4cc(Cl)cc(Cl)c4)ncnc32)C[C@@H]1O. The van der Waals surface area contributed by atoms with Crippen molar-refractivity contribution < 1.29 is 17.7 Å². The Bertz CT molecular complexity index is 1180. The fraction of sp³-hybridized carbons (Fsp3) is 0.368. The van der Waals surface area contributed by atoms with Gasteiger partial charge in [0, 0.05) is 28.8 Å². The van der Waals surface area contributed by atoms with Crippen LogP contribution in [-0.4, -0.2) is 47.3 Å². The molecule has 1 aliphatic carbocycles. The van der Waals surface area contributed by atoms with E-state index in [-0.39, 0.29) is 6.04 Å². The van der Waals surface area contributed by atoms with E-state index in [2.05, 4.69) is 24.2 Å². The zero-order valence-corrected chi connectivity index (χ0v) is 18.8. The van der Waals surface area contributed by atoms with Crippen LogP contribution in [0.5, 0.6) is 0 Å². The van der Waals surface area contributed by atoms with Crippen LogP contribution >= 0.6 is 23.2 Å². The van der Waals surface area contributed by atoms with E-state index in [4.69, 9.17) is 23.2 Å². The normalized spacial score (nSPS) is 21.6. The van der Waals surface area contributed by atoms with Gasteiger partial charge in [0.15, 0.2) is 0 Å². The predicted molar refractivity (Wildman–Crippen MR) is 118 cm³/mol. The first-order chi connectivity index (χ1) is 14.8. The second kappa shape index (κ2) is 8.89. The van der Waals surface area contributed by atoms with E-state index >= 15 is 0 Å². The number of anilines is 1. The molecule has 0 spiro atoms. The molecular formula is C19H21Cl2N5O4S. The van der Waals surface area contributed by atoms with Gasteiger partial charge in [-0.25, -0.2) is 9.97 Å². The van der Waals surface area contributed by atoms with Crippen molar-refractivity contribution in [1.29, 1.82) is 0 Å². The second-order valence-electron chi connectivity index (χ2n) is 7.35. The van der Waals surface area contributed by atoms with Crippen LogP contribution < -0.4 is 10.0 Å². The predicted octanol–water partition coefficient (Wildman–Crippen LogP) is 2.90. The van der Waals surface area contributed by atoms with E-state index in [1.54, 1.807) is 6.07 Å². The molecule has 3 atom stereocenters. The highest BCUT2D eigenvalue weighted by Gasteiger charge is 2.37. The molecule has 1 aromatic carbocycles. The number of aliphatic hydroxyl groups excluding tert-OH is 1. The molecule has 1 saturated carbocycles. The van der Waals surface area contributed by atoms with Crippen LogP contribution in [-0.2, 0) is 21.0 Å². The zero-order chi connectivity index (χ0) is 22.2. The molecule has 0 unspecified atom stereocenters. The van der Waals surface area contributed by atoms with Crippen molar-refractivity contribution in [2.24, 2.45) is 0 Å². The Morgan fingerprint density at radius 3 is 2.68 bits per heavy atom.